The molecule has 0 aliphatic carbocycles. The van der Waals surface area contributed by atoms with Crippen LogP contribution >= 0.6 is 11.6 Å². The average Bonchev–Trinajstić information content (AvgIpc) is 2.83. The zero-order valence-electron chi connectivity index (χ0n) is 17.0. The van der Waals surface area contributed by atoms with Gasteiger partial charge in [-0.1, -0.05) is 91.0 Å². The van der Waals surface area contributed by atoms with Crippen LogP contribution in [-0.2, 0) is 13.2 Å². The van der Waals surface area contributed by atoms with Gasteiger partial charge in [-0.3, -0.25) is 0 Å². The van der Waals surface area contributed by atoms with E-state index in [-0.39, 0.29) is 0 Å². The fourth-order valence-electron chi connectivity index (χ4n) is 3.22. The lowest BCUT2D eigenvalue weighted by Crippen LogP contribution is -2.02. The molecule has 0 saturated heterocycles. The Labute approximate surface area is 187 Å². The number of pyridine rings is 1. The van der Waals surface area contributed by atoms with E-state index in [9.17, 15) is 0 Å². The monoisotopic (exact) mass is 427 g/mol. The molecule has 0 aliphatic rings. The Bertz CT molecular complexity index is 1160. The molecule has 3 aromatic carbocycles. The average molecular weight is 428 g/mol. The summed E-state index contributed by atoms with van der Waals surface area (Å²) >= 11 is 6.17. The number of ether oxygens (including phenoxy) is 2. The molecule has 31 heavy (non-hydrogen) atoms. The van der Waals surface area contributed by atoms with E-state index in [0.29, 0.717) is 30.0 Å². The van der Waals surface area contributed by atoms with Crippen molar-refractivity contribution >= 4 is 17.7 Å². The molecule has 4 aromatic rings. The van der Waals surface area contributed by atoms with Crippen molar-refractivity contribution in [1.82, 2.24) is 4.98 Å². The summed E-state index contributed by atoms with van der Waals surface area (Å²) in [4.78, 5) is 4.67. The van der Waals surface area contributed by atoms with Crippen LogP contribution in [0.15, 0.2) is 97.6 Å². The third-order valence-corrected chi connectivity index (χ3v) is 5.04. The number of rotatable bonds is 8. The molecule has 0 saturated carbocycles. The first-order chi connectivity index (χ1) is 15.2. The van der Waals surface area contributed by atoms with Crippen molar-refractivity contribution in [3.8, 4) is 22.9 Å². The van der Waals surface area contributed by atoms with Crippen LogP contribution in [0.2, 0.25) is 5.02 Å². The predicted molar refractivity (Wildman–Crippen MR) is 126 cm³/mol. The molecule has 1 aromatic heterocycles. The summed E-state index contributed by atoms with van der Waals surface area (Å²) in [5.74, 6) is 1.00. The van der Waals surface area contributed by atoms with Gasteiger partial charge in [0, 0.05) is 16.7 Å². The molecule has 0 unspecified atom stereocenters. The van der Waals surface area contributed by atoms with Crippen molar-refractivity contribution in [3.63, 3.8) is 0 Å². The van der Waals surface area contributed by atoms with Crippen LogP contribution in [0.25, 0.3) is 17.2 Å². The molecule has 0 aliphatic heterocycles. The third kappa shape index (κ3) is 5.33. The topological polar surface area (TPSA) is 31.4 Å². The minimum Gasteiger partial charge on any atom is -0.473 e. The smallest absolute Gasteiger partial charge is 0.225 e. The maximum atomic E-state index is 6.17. The van der Waals surface area contributed by atoms with Gasteiger partial charge in [-0.05, 0) is 40.5 Å². The van der Waals surface area contributed by atoms with E-state index < -0.39 is 0 Å². The summed E-state index contributed by atoms with van der Waals surface area (Å²) in [6, 6.07) is 29.5. The van der Waals surface area contributed by atoms with E-state index >= 15 is 0 Å². The Morgan fingerprint density at radius 2 is 1.35 bits per heavy atom. The number of aromatic nitrogens is 1. The Morgan fingerprint density at radius 1 is 0.742 bits per heavy atom. The highest BCUT2D eigenvalue weighted by molar-refractivity contribution is 6.30. The molecule has 0 bridgehead atoms. The number of halogens is 1. The first kappa shape index (κ1) is 20.7. The van der Waals surface area contributed by atoms with E-state index in [2.05, 4.69) is 11.6 Å². The molecule has 1 heterocycles. The van der Waals surface area contributed by atoms with Crippen LogP contribution in [0.5, 0.6) is 11.8 Å². The highest BCUT2D eigenvalue weighted by Gasteiger charge is 2.14. The molecule has 3 nitrogen and oxygen atoms in total. The lowest BCUT2D eigenvalue weighted by molar-refractivity contribution is 0.268. The summed E-state index contributed by atoms with van der Waals surface area (Å²) in [6.45, 7) is 4.75. The summed E-state index contributed by atoms with van der Waals surface area (Å²) < 4.78 is 12.1. The summed E-state index contributed by atoms with van der Waals surface area (Å²) in [7, 11) is 0. The Kier molecular flexibility index (Phi) is 6.65. The first-order valence-corrected chi connectivity index (χ1v) is 10.4. The molecule has 4 rings (SSSR count). The Morgan fingerprint density at radius 3 is 2.00 bits per heavy atom. The van der Waals surface area contributed by atoms with Crippen molar-refractivity contribution in [1.29, 1.82) is 0 Å². The van der Waals surface area contributed by atoms with Gasteiger partial charge in [0.15, 0.2) is 0 Å². The third-order valence-electron chi connectivity index (χ3n) is 4.81. The van der Waals surface area contributed by atoms with Gasteiger partial charge in [-0.2, -0.15) is 4.98 Å². The molecular formula is C27H22ClNO2. The number of hydrogen-bond donors (Lipinski definition) is 0. The van der Waals surface area contributed by atoms with Crippen molar-refractivity contribution in [2.75, 3.05) is 0 Å². The minimum atomic E-state index is 0.403. The van der Waals surface area contributed by atoms with Gasteiger partial charge >= 0.3 is 0 Å². The maximum absolute atomic E-state index is 6.17. The van der Waals surface area contributed by atoms with E-state index in [1.54, 1.807) is 6.08 Å². The molecular weight excluding hydrogens is 406 g/mol. The van der Waals surface area contributed by atoms with Crippen molar-refractivity contribution < 1.29 is 9.47 Å². The van der Waals surface area contributed by atoms with Gasteiger partial charge in [-0.15, -0.1) is 0 Å². The van der Waals surface area contributed by atoms with Crippen molar-refractivity contribution in [2.45, 2.75) is 13.2 Å². The Hall–Kier alpha value is -3.56. The molecule has 0 radical (unpaired) electrons. The van der Waals surface area contributed by atoms with Gasteiger partial charge in [0.2, 0.25) is 11.8 Å². The zero-order valence-corrected chi connectivity index (χ0v) is 17.8. The summed E-state index contributed by atoms with van der Waals surface area (Å²) in [6.07, 6.45) is 1.78. The van der Waals surface area contributed by atoms with Crippen LogP contribution in [0.3, 0.4) is 0 Å². The molecule has 0 N–H and O–H groups in total. The van der Waals surface area contributed by atoms with Crippen LogP contribution in [-0.4, -0.2) is 4.98 Å². The fraction of sp³-hybridized carbons (Fsp3) is 0.0741. The second-order valence-corrected chi connectivity index (χ2v) is 7.42. The van der Waals surface area contributed by atoms with Gasteiger partial charge in [0.25, 0.3) is 0 Å². The van der Waals surface area contributed by atoms with E-state index in [0.717, 1.165) is 27.8 Å². The highest BCUT2D eigenvalue weighted by Crippen LogP contribution is 2.35. The second kappa shape index (κ2) is 9.96. The minimum absolute atomic E-state index is 0.403. The van der Waals surface area contributed by atoms with Gasteiger partial charge in [0.1, 0.15) is 13.2 Å². The molecule has 154 valence electrons. The number of hydrogen-bond acceptors (Lipinski definition) is 3. The van der Waals surface area contributed by atoms with E-state index in [4.69, 9.17) is 21.1 Å². The number of benzene rings is 3. The van der Waals surface area contributed by atoms with Gasteiger partial charge < -0.3 is 9.47 Å². The first-order valence-electron chi connectivity index (χ1n) is 10.00. The zero-order chi connectivity index (χ0) is 21.5. The SMILES string of the molecule is C=Cc1cc(Cl)ccc1-c1ccc(OCc2ccccc2)nc1OCc1ccccc1. The lowest BCUT2D eigenvalue weighted by atomic mass is 10.0. The van der Waals surface area contributed by atoms with Crippen LogP contribution in [0, 0.1) is 0 Å². The van der Waals surface area contributed by atoms with Crippen LogP contribution < -0.4 is 9.47 Å². The van der Waals surface area contributed by atoms with Crippen molar-refractivity contribution in [2.24, 2.45) is 0 Å². The second-order valence-electron chi connectivity index (χ2n) is 6.99. The van der Waals surface area contributed by atoms with Crippen LogP contribution in [0.1, 0.15) is 16.7 Å². The normalized spacial score (nSPS) is 10.5. The van der Waals surface area contributed by atoms with Gasteiger partial charge in [0.05, 0.1) is 0 Å². The predicted octanol–water partition coefficient (Wildman–Crippen LogP) is 7.20. The molecule has 0 amide bonds. The van der Waals surface area contributed by atoms with Gasteiger partial charge in [-0.25, -0.2) is 0 Å². The molecule has 0 atom stereocenters. The van der Waals surface area contributed by atoms with Crippen LogP contribution in [0.4, 0.5) is 0 Å². The molecule has 0 spiro atoms. The molecule has 4 heteroatoms. The quantitative estimate of drug-likeness (QED) is 0.298. The van der Waals surface area contributed by atoms with E-state index in [1.807, 2.05) is 91.0 Å². The highest BCUT2D eigenvalue weighted by atomic mass is 35.5. The lowest BCUT2D eigenvalue weighted by Gasteiger charge is -2.15. The standard InChI is InChI=1S/C27H22ClNO2/c1-2-22-17-23(28)13-14-24(22)25-15-16-26(30-18-20-9-5-3-6-10-20)29-27(25)31-19-21-11-7-4-8-12-21/h2-17H,1,18-19H2. The van der Waals surface area contributed by atoms with Crippen molar-refractivity contribution in [3.05, 3.63) is 119 Å². The largest absolute Gasteiger partial charge is 0.473 e. The van der Waals surface area contributed by atoms with E-state index in [1.165, 1.54) is 0 Å². The number of nitrogens with zero attached hydrogens (tertiary/aromatic N) is 1. The Balaban J connectivity index is 1.65. The summed E-state index contributed by atoms with van der Waals surface area (Å²) in [5, 5.41) is 0.654. The maximum Gasteiger partial charge on any atom is 0.225 e. The summed E-state index contributed by atoms with van der Waals surface area (Å²) in [5.41, 5.74) is 4.86. The fourth-order valence-corrected chi connectivity index (χ4v) is 3.40. The molecule has 0 fully saturated rings.